The van der Waals surface area contributed by atoms with E-state index in [9.17, 15) is 14.4 Å². The number of rotatable bonds is 1. The topological polar surface area (TPSA) is 66.5 Å². The summed E-state index contributed by atoms with van der Waals surface area (Å²) < 4.78 is 1.58. The van der Waals surface area contributed by atoms with Crippen LogP contribution in [0.15, 0.2) is 14.3 Å². The molecule has 1 aliphatic rings. The van der Waals surface area contributed by atoms with E-state index in [0.717, 1.165) is 8.26 Å². The quantitative estimate of drug-likeness (QED) is 0.747. The largest absolute Gasteiger partial charge is 0.319 e. The molecule has 0 bridgehead atoms. The molecule has 0 unspecified atom stereocenters. The Balaban J connectivity index is 2.19. The smallest absolute Gasteiger partial charge is 0.264 e. The molecule has 5 nitrogen and oxygen atoms in total. The van der Waals surface area contributed by atoms with Gasteiger partial charge < -0.3 is 4.90 Å². The summed E-state index contributed by atoms with van der Waals surface area (Å²) in [5.41, 5.74) is 0. The summed E-state index contributed by atoms with van der Waals surface area (Å²) in [5, 5.41) is 2.15. The van der Waals surface area contributed by atoms with Crippen LogP contribution in [0.2, 0.25) is 0 Å². The van der Waals surface area contributed by atoms with Gasteiger partial charge in [-0.25, -0.2) is 0 Å². The van der Waals surface area contributed by atoms with Gasteiger partial charge in [-0.1, -0.05) is 0 Å². The molecule has 0 aliphatic carbocycles. The Kier molecular flexibility index (Phi) is 3.64. The number of carbonyl (C=O) groups excluding carboxylic acids is 3. The van der Waals surface area contributed by atoms with Crippen molar-refractivity contribution in [1.29, 1.82) is 0 Å². The number of nitrogens with one attached hydrogen (secondary N) is 1. The lowest BCUT2D eigenvalue weighted by Gasteiger charge is -2.24. The van der Waals surface area contributed by atoms with Crippen LogP contribution >= 0.6 is 43.2 Å². The second-order valence-electron chi connectivity index (χ2n) is 3.36. The van der Waals surface area contributed by atoms with E-state index in [4.69, 9.17) is 0 Å². The first-order chi connectivity index (χ1) is 7.97. The molecule has 2 rings (SSSR count). The second-order valence-corrected chi connectivity index (χ2v) is 6.59. The van der Waals surface area contributed by atoms with Crippen molar-refractivity contribution in [3.63, 3.8) is 0 Å². The summed E-state index contributed by atoms with van der Waals surface area (Å²) >= 11 is 7.82. The van der Waals surface area contributed by atoms with Gasteiger partial charge >= 0.3 is 0 Å². The normalized spacial score (nSPS) is 16.0. The molecule has 90 valence electrons. The van der Waals surface area contributed by atoms with Gasteiger partial charge in [-0.3, -0.25) is 19.7 Å². The highest BCUT2D eigenvalue weighted by Gasteiger charge is 2.28. The maximum absolute atomic E-state index is 12.0. The van der Waals surface area contributed by atoms with E-state index in [0.29, 0.717) is 4.88 Å². The van der Waals surface area contributed by atoms with Crippen molar-refractivity contribution in [3.8, 4) is 0 Å². The van der Waals surface area contributed by atoms with Gasteiger partial charge in [0.05, 0.1) is 8.66 Å². The number of imide groups is 1. The molecule has 0 spiro atoms. The molecule has 1 aromatic rings. The first-order valence-corrected chi connectivity index (χ1v) is 6.94. The van der Waals surface area contributed by atoms with E-state index >= 15 is 0 Å². The van der Waals surface area contributed by atoms with Crippen LogP contribution in [0.25, 0.3) is 0 Å². The molecule has 0 aromatic carbocycles. The van der Waals surface area contributed by atoms with Gasteiger partial charge in [0.2, 0.25) is 11.8 Å². The summed E-state index contributed by atoms with van der Waals surface area (Å²) in [6.45, 7) is -0.171. The third-order valence-corrected chi connectivity index (χ3v) is 5.34. The molecule has 1 N–H and O–H groups in total. The van der Waals surface area contributed by atoms with Gasteiger partial charge in [0.15, 0.2) is 0 Å². The average Bonchev–Trinajstić information content (AvgIpc) is 2.57. The maximum atomic E-state index is 12.0. The standard InChI is InChI=1S/C9H6Br2N2O3S/c10-4-1-5(17-8(4)11)9(16)13-2-6(14)12-7(15)3-13/h1H,2-3H2,(H,12,14,15). The van der Waals surface area contributed by atoms with Crippen LogP contribution in [-0.2, 0) is 9.59 Å². The third kappa shape index (κ3) is 2.75. The van der Waals surface area contributed by atoms with E-state index in [2.05, 4.69) is 37.2 Å². The van der Waals surface area contributed by atoms with Crippen molar-refractivity contribution < 1.29 is 14.4 Å². The number of nitrogens with zero attached hydrogens (tertiary/aromatic N) is 1. The predicted molar refractivity (Wildman–Crippen MR) is 68.8 cm³/mol. The molecule has 2 heterocycles. The minimum atomic E-state index is -0.454. The molecule has 1 aromatic heterocycles. The Hall–Kier alpha value is -0.730. The molecule has 17 heavy (non-hydrogen) atoms. The summed E-state index contributed by atoms with van der Waals surface area (Å²) in [4.78, 5) is 36.0. The highest BCUT2D eigenvalue weighted by atomic mass is 79.9. The number of hydrogen-bond donors (Lipinski definition) is 1. The molecule has 1 aliphatic heterocycles. The Bertz CT molecular complexity index is 479. The minimum Gasteiger partial charge on any atom is -0.319 e. The number of thiophene rings is 1. The van der Waals surface area contributed by atoms with Crippen LogP contribution in [-0.4, -0.2) is 35.7 Å². The molecule has 0 atom stereocenters. The van der Waals surface area contributed by atoms with E-state index in [1.54, 1.807) is 6.07 Å². The van der Waals surface area contributed by atoms with E-state index < -0.39 is 11.8 Å². The molecular formula is C9H6Br2N2O3S. The molecule has 1 saturated heterocycles. The van der Waals surface area contributed by atoms with Crippen LogP contribution in [0.1, 0.15) is 9.67 Å². The molecular weight excluding hydrogens is 376 g/mol. The van der Waals surface area contributed by atoms with E-state index in [1.165, 1.54) is 16.2 Å². The Morgan fingerprint density at radius 1 is 1.29 bits per heavy atom. The second kappa shape index (κ2) is 4.87. The first kappa shape index (κ1) is 12.7. The van der Waals surface area contributed by atoms with Gasteiger partial charge in [0, 0.05) is 4.47 Å². The van der Waals surface area contributed by atoms with Gasteiger partial charge in [-0.15, -0.1) is 11.3 Å². The van der Waals surface area contributed by atoms with Gasteiger partial charge in [0.25, 0.3) is 5.91 Å². The van der Waals surface area contributed by atoms with Gasteiger partial charge in [-0.05, 0) is 37.9 Å². The van der Waals surface area contributed by atoms with Crippen molar-refractivity contribution in [2.24, 2.45) is 0 Å². The minimum absolute atomic E-state index is 0.0856. The lowest BCUT2D eigenvalue weighted by Crippen LogP contribution is -2.53. The molecule has 0 saturated carbocycles. The van der Waals surface area contributed by atoms with E-state index in [1.807, 2.05) is 0 Å². The van der Waals surface area contributed by atoms with Crippen molar-refractivity contribution in [3.05, 3.63) is 19.2 Å². The van der Waals surface area contributed by atoms with Crippen molar-refractivity contribution in [1.82, 2.24) is 10.2 Å². The zero-order valence-corrected chi connectivity index (χ0v) is 12.3. The van der Waals surface area contributed by atoms with Crippen LogP contribution < -0.4 is 5.32 Å². The summed E-state index contributed by atoms with van der Waals surface area (Å²) in [5.74, 6) is -1.22. The summed E-state index contributed by atoms with van der Waals surface area (Å²) in [6.07, 6.45) is 0. The number of amides is 3. The van der Waals surface area contributed by atoms with Crippen molar-refractivity contribution in [2.45, 2.75) is 0 Å². The van der Waals surface area contributed by atoms with Crippen LogP contribution in [0.3, 0.4) is 0 Å². The zero-order valence-electron chi connectivity index (χ0n) is 8.33. The maximum Gasteiger partial charge on any atom is 0.264 e. The first-order valence-electron chi connectivity index (χ1n) is 4.54. The Morgan fingerprint density at radius 3 is 2.35 bits per heavy atom. The van der Waals surface area contributed by atoms with Crippen LogP contribution in [0.5, 0.6) is 0 Å². The highest BCUT2D eigenvalue weighted by Crippen LogP contribution is 2.33. The molecule has 1 fully saturated rings. The summed E-state index contributed by atoms with van der Waals surface area (Å²) in [6, 6.07) is 1.66. The monoisotopic (exact) mass is 380 g/mol. The number of carbonyl (C=O) groups is 3. The molecule has 0 radical (unpaired) electrons. The third-order valence-electron chi connectivity index (χ3n) is 2.09. The summed E-state index contributed by atoms with van der Waals surface area (Å²) in [7, 11) is 0. The average molecular weight is 382 g/mol. The lowest BCUT2D eigenvalue weighted by atomic mass is 10.3. The number of piperazine rings is 1. The lowest BCUT2D eigenvalue weighted by molar-refractivity contribution is -0.135. The van der Waals surface area contributed by atoms with Crippen LogP contribution in [0.4, 0.5) is 0 Å². The van der Waals surface area contributed by atoms with Gasteiger partial charge in [-0.2, -0.15) is 0 Å². The highest BCUT2D eigenvalue weighted by molar-refractivity contribution is 9.13. The van der Waals surface area contributed by atoms with E-state index in [-0.39, 0.29) is 19.0 Å². The van der Waals surface area contributed by atoms with Crippen molar-refractivity contribution in [2.75, 3.05) is 13.1 Å². The fourth-order valence-corrected chi connectivity index (χ4v) is 3.39. The fourth-order valence-electron chi connectivity index (χ4n) is 1.39. The fraction of sp³-hybridized carbons (Fsp3) is 0.222. The number of halogens is 2. The van der Waals surface area contributed by atoms with Crippen LogP contribution in [0, 0.1) is 0 Å². The predicted octanol–water partition coefficient (Wildman–Crippen LogP) is 1.37. The zero-order chi connectivity index (χ0) is 12.6. The SMILES string of the molecule is O=C1CN(C(=O)c2cc(Br)c(Br)s2)CC(=O)N1. The molecule has 8 heteroatoms. The Labute approximate surface area is 117 Å². The molecule has 3 amide bonds. The van der Waals surface area contributed by atoms with Crippen molar-refractivity contribution >= 4 is 60.9 Å². The van der Waals surface area contributed by atoms with Gasteiger partial charge in [0.1, 0.15) is 13.1 Å². The Morgan fingerprint density at radius 2 is 1.88 bits per heavy atom. The number of hydrogen-bond acceptors (Lipinski definition) is 4.